The van der Waals surface area contributed by atoms with Crippen molar-refractivity contribution in [3.05, 3.63) is 113 Å². The van der Waals surface area contributed by atoms with Gasteiger partial charge in [-0.2, -0.15) is 10.2 Å². The molecular formula is C31H26Cl2IN9OS2. The Morgan fingerprint density at radius 1 is 0.826 bits per heavy atom. The third kappa shape index (κ3) is 7.28. The molecule has 7 aromatic rings. The average Bonchev–Trinajstić information content (AvgIpc) is 3.88. The first-order valence-corrected chi connectivity index (χ1v) is 17.4. The van der Waals surface area contributed by atoms with Crippen molar-refractivity contribution in [1.29, 1.82) is 0 Å². The third-order valence-corrected chi connectivity index (χ3v) is 9.59. The number of carbonyl (C=O) groups excluding carboxylic acids is 1. The predicted octanol–water partition coefficient (Wildman–Crippen LogP) is 8.09. The molecule has 0 saturated heterocycles. The Kier molecular flexibility index (Phi) is 10.0. The van der Waals surface area contributed by atoms with Crippen LogP contribution in [0.4, 0.5) is 11.4 Å². The van der Waals surface area contributed by atoms with Gasteiger partial charge in [-0.05, 0) is 57.6 Å². The van der Waals surface area contributed by atoms with Crippen molar-refractivity contribution >= 4 is 97.0 Å². The molecule has 0 atom stereocenters. The SMILES string of the molecule is CN(C)C(=O)c1ccc(-c2cnc3c(NCc4cccs4)cc(Cl)nn23)cc1.Clc1cc(NCc2cccs2)c2ncc(I)n2n1. The molecule has 0 aliphatic rings. The summed E-state index contributed by atoms with van der Waals surface area (Å²) >= 11 is 17.9. The zero-order valence-electron chi connectivity index (χ0n) is 24.5. The maximum atomic E-state index is 12.1. The molecule has 0 aliphatic heterocycles. The number of fused-ring (bicyclic) bond motifs is 2. The van der Waals surface area contributed by atoms with Crippen molar-refractivity contribution in [2.75, 3.05) is 24.7 Å². The number of amides is 1. The van der Waals surface area contributed by atoms with Gasteiger partial charge in [-0.1, -0.05) is 47.5 Å². The van der Waals surface area contributed by atoms with Gasteiger partial charge in [0.05, 0.1) is 29.5 Å². The molecule has 1 aromatic carbocycles. The van der Waals surface area contributed by atoms with Crippen LogP contribution in [0.5, 0.6) is 0 Å². The molecule has 0 unspecified atom stereocenters. The van der Waals surface area contributed by atoms with Crippen molar-refractivity contribution in [3.63, 3.8) is 0 Å². The van der Waals surface area contributed by atoms with E-state index >= 15 is 0 Å². The number of halogens is 3. The minimum atomic E-state index is -0.0362. The number of hydrogen-bond acceptors (Lipinski definition) is 9. The zero-order valence-corrected chi connectivity index (χ0v) is 29.8. The minimum absolute atomic E-state index is 0.0362. The highest BCUT2D eigenvalue weighted by Crippen LogP contribution is 2.27. The largest absolute Gasteiger partial charge is 0.377 e. The number of imidazole rings is 2. The lowest BCUT2D eigenvalue weighted by atomic mass is 10.1. The lowest BCUT2D eigenvalue weighted by molar-refractivity contribution is 0.0827. The van der Waals surface area contributed by atoms with E-state index in [9.17, 15) is 4.79 Å². The van der Waals surface area contributed by atoms with Gasteiger partial charge in [-0.3, -0.25) is 4.79 Å². The monoisotopic (exact) mass is 801 g/mol. The summed E-state index contributed by atoms with van der Waals surface area (Å²) in [6, 6.07) is 19.2. The summed E-state index contributed by atoms with van der Waals surface area (Å²) in [6.07, 6.45) is 3.54. The molecule has 46 heavy (non-hydrogen) atoms. The Hall–Kier alpha value is -3.76. The molecule has 1 amide bonds. The van der Waals surface area contributed by atoms with E-state index in [0.717, 1.165) is 38.5 Å². The van der Waals surface area contributed by atoms with Gasteiger partial charge in [0.15, 0.2) is 21.6 Å². The predicted molar refractivity (Wildman–Crippen MR) is 195 cm³/mol. The zero-order chi connectivity index (χ0) is 32.2. The summed E-state index contributed by atoms with van der Waals surface area (Å²) in [7, 11) is 3.47. The van der Waals surface area contributed by atoms with Gasteiger partial charge in [0.1, 0.15) is 3.70 Å². The number of hydrogen-bond donors (Lipinski definition) is 2. The molecule has 7 rings (SSSR count). The van der Waals surface area contributed by atoms with Crippen molar-refractivity contribution < 1.29 is 4.79 Å². The van der Waals surface area contributed by atoms with Gasteiger partial charge in [0, 0.05) is 60.2 Å². The fraction of sp³-hybridized carbons (Fsp3) is 0.129. The molecule has 2 N–H and O–H groups in total. The molecule has 15 heteroatoms. The Morgan fingerprint density at radius 2 is 1.37 bits per heavy atom. The lowest BCUT2D eigenvalue weighted by Gasteiger charge is -2.11. The van der Waals surface area contributed by atoms with Crippen LogP contribution in [-0.2, 0) is 13.1 Å². The molecule has 10 nitrogen and oxygen atoms in total. The number of benzene rings is 1. The summed E-state index contributed by atoms with van der Waals surface area (Å²) in [5, 5.41) is 20.3. The van der Waals surface area contributed by atoms with Crippen LogP contribution in [0.25, 0.3) is 22.6 Å². The smallest absolute Gasteiger partial charge is 0.253 e. The molecule has 0 fully saturated rings. The Labute approximate surface area is 296 Å². The molecule has 0 radical (unpaired) electrons. The highest BCUT2D eigenvalue weighted by atomic mass is 127. The number of nitrogens with zero attached hydrogens (tertiary/aromatic N) is 7. The topological polar surface area (TPSA) is 105 Å². The van der Waals surface area contributed by atoms with E-state index in [1.54, 1.807) is 87.4 Å². The highest BCUT2D eigenvalue weighted by Gasteiger charge is 2.14. The van der Waals surface area contributed by atoms with Gasteiger partial charge in [-0.15, -0.1) is 22.7 Å². The van der Waals surface area contributed by atoms with E-state index < -0.39 is 0 Å². The van der Waals surface area contributed by atoms with Crippen LogP contribution in [0.2, 0.25) is 10.3 Å². The van der Waals surface area contributed by atoms with Crippen LogP contribution in [0, 0.1) is 3.70 Å². The minimum Gasteiger partial charge on any atom is -0.377 e. The Bertz CT molecular complexity index is 2090. The second-order valence-electron chi connectivity index (χ2n) is 10.1. The van der Waals surface area contributed by atoms with E-state index in [4.69, 9.17) is 23.2 Å². The number of anilines is 2. The van der Waals surface area contributed by atoms with Crippen molar-refractivity contribution in [3.8, 4) is 11.3 Å². The number of thiophene rings is 2. The number of aromatic nitrogens is 6. The van der Waals surface area contributed by atoms with Crippen molar-refractivity contribution in [1.82, 2.24) is 34.1 Å². The first-order chi connectivity index (χ1) is 22.3. The van der Waals surface area contributed by atoms with Crippen molar-refractivity contribution in [2.24, 2.45) is 0 Å². The molecule has 0 aliphatic carbocycles. The fourth-order valence-corrected chi connectivity index (χ4v) is 6.67. The molecule has 6 aromatic heterocycles. The van der Waals surface area contributed by atoms with Crippen LogP contribution in [0.15, 0.2) is 83.8 Å². The van der Waals surface area contributed by atoms with E-state index in [1.807, 2.05) is 29.6 Å². The van der Waals surface area contributed by atoms with E-state index in [0.29, 0.717) is 28.1 Å². The first kappa shape index (κ1) is 32.2. The number of nitrogens with one attached hydrogen (secondary N) is 2. The molecular weight excluding hydrogens is 776 g/mol. The molecule has 0 saturated carbocycles. The maximum absolute atomic E-state index is 12.1. The fourth-order valence-electron chi connectivity index (χ4n) is 4.54. The van der Waals surface area contributed by atoms with Crippen LogP contribution >= 0.6 is 68.5 Å². The van der Waals surface area contributed by atoms with Crippen LogP contribution in [-0.4, -0.2) is 54.1 Å². The van der Waals surface area contributed by atoms with E-state index in [1.165, 1.54) is 9.75 Å². The highest BCUT2D eigenvalue weighted by molar-refractivity contribution is 14.1. The van der Waals surface area contributed by atoms with Crippen molar-refractivity contribution in [2.45, 2.75) is 13.1 Å². The van der Waals surface area contributed by atoms with Crippen LogP contribution in [0.1, 0.15) is 20.1 Å². The van der Waals surface area contributed by atoms with Gasteiger partial charge in [0.2, 0.25) is 0 Å². The molecule has 0 spiro atoms. The third-order valence-electron chi connectivity index (χ3n) is 6.73. The lowest BCUT2D eigenvalue weighted by Crippen LogP contribution is -2.21. The quantitative estimate of drug-likeness (QED) is 0.150. The van der Waals surface area contributed by atoms with Gasteiger partial charge in [-0.25, -0.2) is 19.0 Å². The number of carbonyl (C=O) groups is 1. The Balaban J connectivity index is 0.000000178. The normalized spacial score (nSPS) is 11.0. The number of rotatable bonds is 8. The second kappa shape index (κ2) is 14.3. The summed E-state index contributed by atoms with van der Waals surface area (Å²) in [5.41, 5.74) is 5.55. The summed E-state index contributed by atoms with van der Waals surface area (Å²) in [6.45, 7) is 1.45. The van der Waals surface area contributed by atoms with E-state index in [2.05, 4.69) is 70.9 Å². The molecule has 6 heterocycles. The maximum Gasteiger partial charge on any atom is 0.253 e. The molecule has 0 bridgehead atoms. The van der Waals surface area contributed by atoms with Crippen LogP contribution in [0.3, 0.4) is 0 Å². The summed E-state index contributed by atoms with van der Waals surface area (Å²) in [5.74, 6) is -0.0362. The van der Waals surface area contributed by atoms with Gasteiger partial charge < -0.3 is 15.5 Å². The summed E-state index contributed by atoms with van der Waals surface area (Å²) in [4.78, 5) is 25.0. The standard InChI is InChI=1S/C20H18ClN5OS.C11H8ClIN4S/c1-25(2)20(27)14-7-5-13(6-8-14)17-12-23-19-16(10-18(21)24-26(17)19)22-11-15-4-3-9-28-15;12-9-4-8(14-5-7-2-1-3-18-7)11-15-6-10(13)17(11)16-9/h3-10,12,22H,11H2,1-2H3;1-4,6,14H,5H2. The Morgan fingerprint density at radius 3 is 1.91 bits per heavy atom. The van der Waals surface area contributed by atoms with Gasteiger partial charge in [0.25, 0.3) is 5.91 Å². The molecule has 234 valence electrons. The average molecular weight is 803 g/mol. The second-order valence-corrected chi connectivity index (χ2v) is 14.0. The van der Waals surface area contributed by atoms with E-state index in [-0.39, 0.29) is 5.91 Å². The summed E-state index contributed by atoms with van der Waals surface area (Å²) < 4.78 is 4.39. The first-order valence-electron chi connectivity index (χ1n) is 13.9. The van der Waals surface area contributed by atoms with Gasteiger partial charge >= 0.3 is 0 Å². The van der Waals surface area contributed by atoms with Crippen LogP contribution < -0.4 is 10.6 Å².